The van der Waals surface area contributed by atoms with Gasteiger partial charge in [0.25, 0.3) is 5.91 Å². The van der Waals surface area contributed by atoms with Gasteiger partial charge in [0.15, 0.2) is 0 Å². The minimum absolute atomic E-state index is 0.0250. The van der Waals surface area contributed by atoms with E-state index in [4.69, 9.17) is 0 Å². The first-order chi connectivity index (χ1) is 12.2. The van der Waals surface area contributed by atoms with Crippen molar-refractivity contribution in [2.45, 2.75) is 44.6 Å². The molecular weight excluding hydrogens is 334 g/mol. The van der Waals surface area contributed by atoms with Gasteiger partial charge < -0.3 is 15.1 Å². The number of carbonyl (C=O) groups is 2. The van der Waals surface area contributed by atoms with Crippen molar-refractivity contribution in [1.29, 1.82) is 0 Å². The zero-order valence-electron chi connectivity index (χ0n) is 15.1. The Morgan fingerprint density at radius 3 is 2.68 bits per heavy atom. The summed E-state index contributed by atoms with van der Waals surface area (Å²) in [6, 6.07) is 3.49. The molecule has 0 saturated carbocycles. The average Bonchev–Trinajstić information content (AvgIpc) is 3.20. The highest BCUT2D eigenvalue weighted by atomic mass is 32.1. The summed E-state index contributed by atoms with van der Waals surface area (Å²) < 4.78 is 0. The predicted molar refractivity (Wildman–Crippen MR) is 101 cm³/mol. The third kappa shape index (κ3) is 4.42. The summed E-state index contributed by atoms with van der Waals surface area (Å²) in [5.41, 5.74) is 0. The van der Waals surface area contributed by atoms with Crippen molar-refractivity contribution in [3.63, 3.8) is 0 Å². The summed E-state index contributed by atoms with van der Waals surface area (Å²) in [6.07, 6.45) is 6.18. The minimum Gasteiger partial charge on any atom is -0.341 e. The third-order valence-electron chi connectivity index (χ3n) is 5.51. The van der Waals surface area contributed by atoms with Crippen molar-refractivity contribution in [1.82, 2.24) is 15.1 Å². The zero-order chi connectivity index (χ0) is 17.6. The first-order valence-electron chi connectivity index (χ1n) is 9.48. The van der Waals surface area contributed by atoms with Crippen LogP contribution in [0.3, 0.4) is 0 Å². The van der Waals surface area contributed by atoms with Crippen LogP contribution in [0.25, 0.3) is 0 Å². The molecule has 0 radical (unpaired) electrons. The average molecular weight is 364 g/mol. The van der Waals surface area contributed by atoms with Crippen LogP contribution in [0.5, 0.6) is 0 Å². The molecule has 0 aliphatic carbocycles. The first kappa shape index (κ1) is 18.4. The van der Waals surface area contributed by atoms with Crippen LogP contribution >= 0.6 is 11.3 Å². The Balaban J connectivity index is 1.61. The number of thiophene rings is 1. The SMILES string of the molecule is CNCCC1CCN(C(=O)C2CCCCN2C(=O)c2cccs2)CC1. The molecule has 0 spiro atoms. The van der Waals surface area contributed by atoms with Crippen molar-refractivity contribution in [2.75, 3.05) is 33.2 Å². The van der Waals surface area contributed by atoms with E-state index in [9.17, 15) is 9.59 Å². The second-order valence-electron chi connectivity index (χ2n) is 7.15. The van der Waals surface area contributed by atoms with Crippen LogP contribution in [0, 0.1) is 5.92 Å². The van der Waals surface area contributed by atoms with Crippen LogP contribution in [-0.2, 0) is 4.79 Å². The molecule has 2 aliphatic heterocycles. The van der Waals surface area contributed by atoms with Gasteiger partial charge >= 0.3 is 0 Å². The van der Waals surface area contributed by atoms with E-state index in [1.165, 1.54) is 17.8 Å². The van der Waals surface area contributed by atoms with Crippen molar-refractivity contribution in [3.8, 4) is 0 Å². The second-order valence-corrected chi connectivity index (χ2v) is 8.10. The molecule has 1 N–H and O–H groups in total. The van der Waals surface area contributed by atoms with E-state index in [0.29, 0.717) is 12.5 Å². The molecule has 138 valence electrons. The lowest BCUT2D eigenvalue weighted by molar-refractivity contribution is -0.138. The fourth-order valence-electron chi connectivity index (χ4n) is 3.97. The molecule has 25 heavy (non-hydrogen) atoms. The molecule has 6 heteroatoms. The van der Waals surface area contributed by atoms with Gasteiger partial charge in [-0.25, -0.2) is 0 Å². The van der Waals surface area contributed by atoms with Gasteiger partial charge in [-0.15, -0.1) is 11.3 Å². The predicted octanol–water partition coefficient (Wildman–Crippen LogP) is 2.59. The normalized spacial score (nSPS) is 22.2. The highest BCUT2D eigenvalue weighted by Gasteiger charge is 2.36. The van der Waals surface area contributed by atoms with Gasteiger partial charge in [-0.3, -0.25) is 9.59 Å². The van der Waals surface area contributed by atoms with E-state index in [1.54, 1.807) is 0 Å². The lowest BCUT2D eigenvalue weighted by Crippen LogP contribution is -2.54. The van der Waals surface area contributed by atoms with Gasteiger partial charge in [0.1, 0.15) is 6.04 Å². The number of nitrogens with zero attached hydrogens (tertiary/aromatic N) is 2. The number of rotatable bonds is 5. The summed E-state index contributed by atoms with van der Waals surface area (Å²) in [5.74, 6) is 0.903. The minimum atomic E-state index is -0.266. The van der Waals surface area contributed by atoms with Crippen molar-refractivity contribution >= 4 is 23.2 Å². The number of nitrogens with one attached hydrogen (secondary N) is 1. The number of likely N-dealkylation sites (tertiary alicyclic amines) is 2. The van der Waals surface area contributed by atoms with Crippen LogP contribution < -0.4 is 5.32 Å². The Kier molecular flexibility index (Phi) is 6.48. The Morgan fingerprint density at radius 1 is 1.20 bits per heavy atom. The molecule has 3 heterocycles. The highest BCUT2D eigenvalue weighted by molar-refractivity contribution is 7.12. The molecule has 1 aromatic heterocycles. The standard InChI is InChI=1S/C19H29N3O2S/c1-20-10-7-15-8-12-21(13-9-15)18(23)16-5-2-3-11-22(16)19(24)17-6-4-14-25-17/h4,6,14-16,20H,2-3,5,7-13H2,1H3. The van der Waals surface area contributed by atoms with Crippen LogP contribution in [0.4, 0.5) is 0 Å². The number of hydrogen-bond acceptors (Lipinski definition) is 4. The van der Waals surface area contributed by atoms with Crippen LogP contribution in [0.2, 0.25) is 0 Å². The molecule has 2 aliphatic rings. The summed E-state index contributed by atoms with van der Waals surface area (Å²) in [6.45, 7) is 3.42. The lowest BCUT2D eigenvalue weighted by atomic mass is 9.92. The Bertz CT molecular complexity index is 567. The molecular formula is C19H29N3O2S. The smallest absolute Gasteiger partial charge is 0.264 e. The molecule has 2 amide bonds. The van der Waals surface area contributed by atoms with E-state index in [2.05, 4.69) is 5.32 Å². The summed E-state index contributed by atoms with van der Waals surface area (Å²) in [4.78, 5) is 30.4. The number of piperidine rings is 2. The number of hydrogen-bond donors (Lipinski definition) is 1. The van der Waals surface area contributed by atoms with E-state index < -0.39 is 0 Å². The van der Waals surface area contributed by atoms with Crippen LogP contribution in [0.15, 0.2) is 17.5 Å². The second kappa shape index (κ2) is 8.81. The van der Waals surface area contributed by atoms with Crippen molar-refractivity contribution in [2.24, 2.45) is 5.92 Å². The maximum Gasteiger partial charge on any atom is 0.264 e. The molecule has 2 saturated heterocycles. The first-order valence-corrected chi connectivity index (χ1v) is 10.4. The molecule has 0 aromatic carbocycles. The third-order valence-corrected chi connectivity index (χ3v) is 6.37. The Labute approximate surface area is 154 Å². The van der Waals surface area contributed by atoms with E-state index >= 15 is 0 Å². The van der Waals surface area contributed by atoms with Gasteiger partial charge in [0, 0.05) is 19.6 Å². The highest BCUT2D eigenvalue weighted by Crippen LogP contribution is 2.26. The maximum absolute atomic E-state index is 13.1. The van der Waals surface area contributed by atoms with E-state index in [1.807, 2.05) is 34.4 Å². The number of carbonyl (C=O) groups excluding carboxylic acids is 2. The van der Waals surface area contributed by atoms with E-state index in [0.717, 1.165) is 56.6 Å². The molecule has 1 atom stereocenters. The fourth-order valence-corrected chi connectivity index (χ4v) is 4.65. The van der Waals surface area contributed by atoms with Gasteiger partial charge in [-0.2, -0.15) is 0 Å². The summed E-state index contributed by atoms with van der Waals surface area (Å²) in [7, 11) is 1.99. The van der Waals surface area contributed by atoms with Crippen LogP contribution in [0.1, 0.15) is 48.2 Å². The summed E-state index contributed by atoms with van der Waals surface area (Å²) in [5, 5.41) is 5.13. The largest absolute Gasteiger partial charge is 0.341 e. The van der Waals surface area contributed by atoms with Crippen molar-refractivity contribution in [3.05, 3.63) is 22.4 Å². The fraction of sp³-hybridized carbons (Fsp3) is 0.684. The molecule has 1 unspecified atom stereocenters. The van der Waals surface area contributed by atoms with Gasteiger partial charge in [-0.1, -0.05) is 6.07 Å². The molecule has 0 bridgehead atoms. The number of amides is 2. The lowest BCUT2D eigenvalue weighted by Gasteiger charge is -2.40. The maximum atomic E-state index is 13.1. The molecule has 3 rings (SSSR count). The van der Waals surface area contributed by atoms with Gasteiger partial charge in [-0.05, 0) is 69.5 Å². The quantitative estimate of drug-likeness (QED) is 0.875. The Morgan fingerprint density at radius 2 is 2.00 bits per heavy atom. The van der Waals surface area contributed by atoms with E-state index in [-0.39, 0.29) is 17.9 Å². The molecule has 5 nitrogen and oxygen atoms in total. The zero-order valence-corrected chi connectivity index (χ0v) is 15.9. The van der Waals surface area contributed by atoms with Crippen molar-refractivity contribution < 1.29 is 9.59 Å². The van der Waals surface area contributed by atoms with Gasteiger partial charge in [0.05, 0.1) is 4.88 Å². The summed E-state index contributed by atoms with van der Waals surface area (Å²) >= 11 is 1.46. The van der Waals surface area contributed by atoms with Crippen LogP contribution in [-0.4, -0.2) is 60.9 Å². The molecule has 1 aromatic rings. The van der Waals surface area contributed by atoms with Gasteiger partial charge in [0.2, 0.25) is 5.91 Å². The Hall–Kier alpha value is -1.40. The molecule has 2 fully saturated rings. The monoisotopic (exact) mass is 363 g/mol. The topological polar surface area (TPSA) is 52.7 Å².